The minimum atomic E-state index is -0.202. The van der Waals surface area contributed by atoms with E-state index in [0.717, 1.165) is 5.56 Å². The Morgan fingerprint density at radius 1 is 1.26 bits per heavy atom. The number of carbonyl (C=O) groups excluding carboxylic acids is 1. The van der Waals surface area contributed by atoms with Crippen LogP contribution in [0.15, 0.2) is 29.4 Å². The smallest absolute Gasteiger partial charge is 0.235 e. The number of amides is 1. The van der Waals surface area contributed by atoms with E-state index in [-0.39, 0.29) is 17.1 Å². The van der Waals surface area contributed by atoms with E-state index in [1.807, 2.05) is 49.7 Å². The van der Waals surface area contributed by atoms with Crippen LogP contribution in [0.25, 0.3) is 11.4 Å². The Hall–Kier alpha value is -1.53. The van der Waals surface area contributed by atoms with Gasteiger partial charge < -0.3 is 9.47 Å². The van der Waals surface area contributed by atoms with Crippen LogP contribution >= 0.6 is 23.4 Å². The van der Waals surface area contributed by atoms with E-state index in [0.29, 0.717) is 16.0 Å². The lowest BCUT2D eigenvalue weighted by atomic mass is 10.1. The Morgan fingerprint density at radius 2 is 1.91 bits per heavy atom. The predicted molar refractivity (Wildman–Crippen MR) is 94.6 cm³/mol. The normalized spacial score (nSPS) is 12.5. The predicted octanol–water partition coefficient (Wildman–Crippen LogP) is 3.34. The highest BCUT2D eigenvalue weighted by molar-refractivity contribution is 8.00. The van der Waals surface area contributed by atoms with Crippen molar-refractivity contribution in [2.75, 3.05) is 14.1 Å². The quantitative estimate of drug-likeness (QED) is 0.774. The van der Waals surface area contributed by atoms with Crippen molar-refractivity contribution in [2.45, 2.75) is 24.3 Å². The second kappa shape index (κ2) is 7.36. The number of benzene rings is 1. The summed E-state index contributed by atoms with van der Waals surface area (Å²) in [5.41, 5.74) is 0.830. The van der Waals surface area contributed by atoms with Gasteiger partial charge in [-0.05, 0) is 18.1 Å². The van der Waals surface area contributed by atoms with Gasteiger partial charge in [0.1, 0.15) is 0 Å². The van der Waals surface area contributed by atoms with E-state index in [4.69, 9.17) is 11.6 Å². The molecule has 0 aliphatic heterocycles. The average molecular weight is 353 g/mol. The molecule has 1 amide bonds. The van der Waals surface area contributed by atoms with Gasteiger partial charge in [0.05, 0.1) is 10.3 Å². The third-order valence-electron chi connectivity index (χ3n) is 3.47. The molecule has 0 saturated heterocycles. The number of aromatic nitrogens is 3. The molecule has 7 heteroatoms. The summed E-state index contributed by atoms with van der Waals surface area (Å²) in [6.45, 7) is 4.06. The van der Waals surface area contributed by atoms with Crippen molar-refractivity contribution in [3.63, 3.8) is 0 Å². The van der Waals surface area contributed by atoms with Crippen LogP contribution in [0.2, 0.25) is 5.02 Å². The first-order valence-electron chi connectivity index (χ1n) is 7.35. The van der Waals surface area contributed by atoms with Crippen LogP contribution in [0.3, 0.4) is 0 Å². The van der Waals surface area contributed by atoms with Crippen LogP contribution < -0.4 is 0 Å². The van der Waals surface area contributed by atoms with E-state index in [1.54, 1.807) is 19.0 Å². The minimum absolute atomic E-state index is 0.0762. The van der Waals surface area contributed by atoms with Gasteiger partial charge in [-0.15, -0.1) is 10.2 Å². The molecule has 0 radical (unpaired) electrons. The van der Waals surface area contributed by atoms with Gasteiger partial charge in [0, 0.05) is 26.7 Å². The lowest BCUT2D eigenvalue weighted by molar-refractivity contribution is -0.128. The first-order valence-corrected chi connectivity index (χ1v) is 8.60. The highest BCUT2D eigenvalue weighted by Gasteiger charge is 2.27. The Kier molecular flexibility index (Phi) is 5.70. The summed E-state index contributed by atoms with van der Waals surface area (Å²) in [6.07, 6.45) is 0. The topological polar surface area (TPSA) is 51.0 Å². The molecule has 2 aromatic rings. The molecule has 0 unspecified atom stereocenters. The maximum Gasteiger partial charge on any atom is 0.235 e. The molecule has 124 valence electrons. The van der Waals surface area contributed by atoms with Gasteiger partial charge in [0.2, 0.25) is 5.91 Å². The van der Waals surface area contributed by atoms with E-state index >= 15 is 0 Å². The second-order valence-electron chi connectivity index (χ2n) is 5.86. The second-order valence-corrected chi connectivity index (χ2v) is 7.38. The Morgan fingerprint density at radius 3 is 2.48 bits per heavy atom. The standard InChI is InChI=1S/C16H21ClN4OS/c1-10(2)13(15(22)20(3)4)23-16-19-18-14(21(16)5)11-8-6-7-9-12(11)17/h6-10,13H,1-5H3/t13-/m0/s1. The molecule has 0 spiro atoms. The molecule has 0 bridgehead atoms. The number of hydrogen-bond donors (Lipinski definition) is 0. The highest BCUT2D eigenvalue weighted by Crippen LogP contribution is 2.32. The zero-order valence-electron chi connectivity index (χ0n) is 13.9. The van der Waals surface area contributed by atoms with Crippen molar-refractivity contribution in [1.82, 2.24) is 19.7 Å². The van der Waals surface area contributed by atoms with Crippen LogP contribution in [-0.2, 0) is 11.8 Å². The number of halogens is 1. The van der Waals surface area contributed by atoms with Crippen LogP contribution in [0, 0.1) is 5.92 Å². The van der Waals surface area contributed by atoms with Gasteiger partial charge >= 0.3 is 0 Å². The van der Waals surface area contributed by atoms with Crippen LogP contribution in [0.4, 0.5) is 0 Å². The molecular formula is C16H21ClN4OS. The van der Waals surface area contributed by atoms with Crippen molar-refractivity contribution in [2.24, 2.45) is 13.0 Å². The maximum absolute atomic E-state index is 12.4. The molecule has 2 rings (SSSR count). The summed E-state index contributed by atoms with van der Waals surface area (Å²) in [7, 11) is 5.42. The number of rotatable bonds is 5. The Labute approximate surface area is 146 Å². The summed E-state index contributed by atoms with van der Waals surface area (Å²) < 4.78 is 1.88. The van der Waals surface area contributed by atoms with Crippen LogP contribution in [0.1, 0.15) is 13.8 Å². The van der Waals surface area contributed by atoms with Gasteiger partial charge in [-0.3, -0.25) is 4.79 Å². The minimum Gasteiger partial charge on any atom is -0.348 e. The lowest BCUT2D eigenvalue weighted by Crippen LogP contribution is -2.35. The molecule has 0 N–H and O–H groups in total. The Bertz CT molecular complexity index is 699. The zero-order chi connectivity index (χ0) is 17.1. The average Bonchev–Trinajstić information content (AvgIpc) is 2.85. The van der Waals surface area contributed by atoms with Crippen molar-refractivity contribution < 1.29 is 4.79 Å². The van der Waals surface area contributed by atoms with E-state index in [1.165, 1.54) is 11.8 Å². The van der Waals surface area contributed by atoms with Gasteiger partial charge in [-0.2, -0.15) is 0 Å². The number of thioether (sulfide) groups is 1. The third kappa shape index (κ3) is 3.87. The summed E-state index contributed by atoms with van der Waals surface area (Å²) >= 11 is 7.68. The van der Waals surface area contributed by atoms with Gasteiger partial charge in [-0.1, -0.05) is 49.3 Å². The lowest BCUT2D eigenvalue weighted by Gasteiger charge is -2.22. The number of nitrogens with zero attached hydrogens (tertiary/aromatic N) is 4. The fourth-order valence-electron chi connectivity index (χ4n) is 2.13. The largest absolute Gasteiger partial charge is 0.348 e. The first-order chi connectivity index (χ1) is 10.8. The molecule has 1 aromatic carbocycles. The van der Waals surface area contributed by atoms with Gasteiger partial charge in [0.15, 0.2) is 11.0 Å². The zero-order valence-corrected chi connectivity index (χ0v) is 15.5. The maximum atomic E-state index is 12.4. The molecular weight excluding hydrogens is 332 g/mol. The van der Waals surface area contributed by atoms with Gasteiger partial charge in [0.25, 0.3) is 0 Å². The van der Waals surface area contributed by atoms with Crippen molar-refractivity contribution in [3.8, 4) is 11.4 Å². The highest BCUT2D eigenvalue weighted by atomic mass is 35.5. The summed E-state index contributed by atoms with van der Waals surface area (Å²) in [5, 5.41) is 9.62. The van der Waals surface area contributed by atoms with Crippen molar-refractivity contribution in [3.05, 3.63) is 29.3 Å². The summed E-state index contributed by atoms with van der Waals surface area (Å²) in [6, 6.07) is 7.52. The van der Waals surface area contributed by atoms with Crippen molar-refractivity contribution >= 4 is 29.3 Å². The van der Waals surface area contributed by atoms with E-state index in [2.05, 4.69) is 10.2 Å². The van der Waals surface area contributed by atoms with Crippen LogP contribution in [0.5, 0.6) is 0 Å². The molecule has 0 fully saturated rings. The summed E-state index contributed by atoms with van der Waals surface area (Å²) in [4.78, 5) is 14.0. The monoisotopic (exact) mass is 352 g/mol. The third-order valence-corrected chi connectivity index (χ3v) is 5.37. The first kappa shape index (κ1) is 17.8. The Balaban J connectivity index is 2.32. The number of carbonyl (C=O) groups is 1. The fraction of sp³-hybridized carbons (Fsp3) is 0.438. The van der Waals surface area contributed by atoms with Gasteiger partial charge in [-0.25, -0.2) is 0 Å². The molecule has 0 aliphatic rings. The summed E-state index contributed by atoms with van der Waals surface area (Å²) in [5.74, 6) is 0.959. The molecule has 0 aliphatic carbocycles. The molecule has 1 heterocycles. The number of hydrogen-bond acceptors (Lipinski definition) is 4. The fourth-order valence-corrected chi connectivity index (χ4v) is 3.50. The molecule has 1 aromatic heterocycles. The molecule has 23 heavy (non-hydrogen) atoms. The van der Waals surface area contributed by atoms with E-state index in [9.17, 15) is 4.79 Å². The molecule has 5 nitrogen and oxygen atoms in total. The molecule has 0 saturated carbocycles. The molecule has 1 atom stereocenters. The van der Waals surface area contributed by atoms with Crippen LogP contribution in [-0.4, -0.2) is 44.9 Å². The SMILES string of the molecule is CC(C)[C@H](Sc1nnc(-c2ccccc2Cl)n1C)C(=O)N(C)C. The van der Waals surface area contributed by atoms with Crippen molar-refractivity contribution in [1.29, 1.82) is 0 Å². The van der Waals surface area contributed by atoms with E-state index < -0.39 is 0 Å².